The van der Waals surface area contributed by atoms with E-state index < -0.39 is 0 Å². The van der Waals surface area contributed by atoms with Gasteiger partial charge >= 0.3 is 0 Å². The molecule has 1 saturated heterocycles. The number of likely N-dealkylation sites (N-methyl/N-ethyl adjacent to an activating group) is 1. The van der Waals surface area contributed by atoms with Crippen molar-refractivity contribution in [2.24, 2.45) is 0 Å². The number of hydrogen-bond donors (Lipinski definition) is 1. The quantitative estimate of drug-likeness (QED) is 0.826. The van der Waals surface area contributed by atoms with E-state index in [4.69, 9.17) is 4.74 Å². The van der Waals surface area contributed by atoms with Crippen LogP contribution in [-0.2, 0) is 4.74 Å². The Hall–Kier alpha value is -0.380. The van der Waals surface area contributed by atoms with E-state index in [1.165, 1.54) is 18.4 Å². The molecule has 14 heavy (non-hydrogen) atoms. The topological polar surface area (TPSA) is 21.3 Å². The molecule has 1 aromatic rings. The standard InChI is InChI=1S/C11H17NOS/c1-2-12-11(9-5-7-14-8-9)10-4-3-6-13-10/h5,7-8,10-12H,2-4,6H2,1H3. The molecular formula is C11H17NOS. The molecule has 1 aliphatic heterocycles. The largest absolute Gasteiger partial charge is 0.376 e. The van der Waals surface area contributed by atoms with Crippen molar-refractivity contribution in [3.63, 3.8) is 0 Å². The van der Waals surface area contributed by atoms with Crippen molar-refractivity contribution in [2.75, 3.05) is 13.2 Å². The number of rotatable bonds is 4. The molecule has 0 aliphatic carbocycles. The highest BCUT2D eigenvalue weighted by Crippen LogP contribution is 2.27. The Bertz CT molecular complexity index is 254. The smallest absolute Gasteiger partial charge is 0.0770 e. The zero-order valence-corrected chi connectivity index (χ0v) is 9.35. The van der Waals surface area contributed by atoms with Gasteiger partial charge in [-0.05, 0) is 41.8 Å². The highest BCUT2D eigenvalue weighted by atomic mass is 32.1. The second-order valence-corrected chi connectivity index (χ2v) is 4.42. The zero-order valence-electron chi connectivity index (χ0n) is 8.53. The van der Waals surface area contributed by atoms with Crippen molar-refractivity contribution in [1.29, 1.82) is 0 Å². The van der Waals surface area contributed by atoms with Crippen LogP contribution in [0.2, 0.25) is 0 Å². The number of nitrogens with one attached hydrogen (secondary N) is 1. The normalized spacial score (nSPS) is 23.9. The SMILES string of the molecule is CCNC(c1ccsc1)C1CCCO1. The maximum Gasteiger partial charge on any atom is 0.0770 e. The van der Waals surface area contributed by atoms with Crippen LogP contribution >= 0.6 is 11.3 Å². The van der Waals surface area contributed by atoms with Gasteiger partial charge in [-0.2, -0.15) is 11.3 Å². The van der Waals surface area contributed by atoms with Crippen LogP contribution in [0.5, 0.6) is 0 Å². The van der Waals surface area contributed by atoms with Crippen LogP contribution < -0.4 is 5.32 Å². The summed E-state index contributed by atoms with van der Waals surface area (Å²) < 4.78 is 5.73. The zero-order chi connectivity index (χ0) is 9.80. The van der Waals surface area contributed by atoms with Crippen LogP contribution in [0, 0.1) is 0 Å². The summed E-state index contributed by atoms with van der Waals surface area (Å²) >= 11 is 1.76. The van der Waals surface area contributed by atoms with Crippen molar-refractivity contribution < 1.29 is 4.74 Å². The molecule has 3 heteroatoms. The van der Waals surface area contributed by atoms with E-state index >= 15 is 0 Å². The average Bonchev–Trinajstić information content (AvgIpc) is 2.87. The van der Waals surface area contributed by atoms with Gasteiger partial charge in [0.05, 0.1) is 12.1 Å². The summed E-state index contributed by atoms with van der Waals surface area (Å²) in [6, 6.07) is 2.59. The number of hydrogen-bond acceptors (Lipinski definition) is 3. The van der Waals surface area contributed by atoms with Gasteiger partial charge in [-0.1, -0.05) is 6.92 Å². The Morgan fingerprint density at radius 1 is 1.71 bits per heavy atom. The third-order valence-electron chi connectivity index (χ3n) is 2.66. The lowest BCUT2D eigenvalue weighted by atomic mass is 10.0. The third kappa shape index (κ3) is 2.16. The Kier molecular flexibility index (Phi) is 3.56. The molecular weight excluding hydrogens is 194 g/mol. The minimum atomic E-state index is 0.379. The van der Waals surface area contributed by atoms with Gasteiger partial charge in [0.25, 0.3) is 0 Å². The van der Waals surface area contributed by atoms with Gasteiger partial charge in [0, 0.05) is 6.61 Å². The lowest BCUT2D eigenvalue weighted by molar-refractivity contribution is 0.0789. The van der Waals surface area contributed by atoms with Crippen molar-refractivity contribution in [2.45, 2.75) is 31.9 Å². The lowest BCUT2D eigenvalue weighted by Crippen LogP contribution is -2.31. The van der Waals surface area contributed by atoms with Gasteiger partial charge in [-0.25, -0.2) is 0 Å². The van der Waals surface area contributed by atoms with Crippen LogP contribution in [0.4, 0.5) is 0 Å². The molecule has 78 valence electrons. The summed E-state index contributed by atoms with van der Waals surface area (Å²) in [6.45, 7) is 4.07. The first-order valence-electron chi connectivity index (χ1n) is 5.29. The Balaban J connectivity index is 2.06. The predicted molar refractivity (Wildman–Crippen MR) is 59.7 cm³/mol. The summed E-state index contributed by atoms with van der Waals surface area (Å²) in [5.74, 6) is 0. The van der Waals surface area contributed by atoms with Gasteiger partial charge in [-0.15, -0.1) is 0 Å². The first-order valence-corrected chi connectivity index (χ1v) is 6.23. The summed E-state index contributed by atoms with van der Waals surface area (Å²) in [4.78, 5) is 0. The molecule has 0 bridgehead atoms. The van der Waals surface area contributed by atoms with Crippen molar-refractivity contribution in [3.8, 4) is 0 Å². The molecule has 0 amide bonds. The molecule has 1 N–H and O–H groups in total. The first-order chi connectivity index (χ1) is 6.92. The molecule has 1 aromatic heterocycles. The molecule has 2 heterocycles. The van der Waals surface area contributed by atoms with Crippen molar-refractivity contribution in [3.05, 3.63) is 22.4 Å². The lowest BCUT2D eigenvalue weighted by Gasteiger charge is -2.22. The summed E-state index contributed by atoms with van der Waals surface area (Å²) in [5, 5.41) is 7.86. The molecule has 2 unspecified atom stereocenters. The van der Waals surface area contributed by atoms with Crippen LogP contribution in [0.15, 0.2) is 16.8 Å². The second kappa shape index (κ2) is 4.91. The molecule has 0 saturated carbocycles. The molecule has 0 spiro atoms. The maximum absolute atomic E-state index is 5.73. The molecule has 0 radical (unpaired) electrons. The fraction of sp³-hybridized carbons (Fsp3) is 0.636. The number of thiophene rings is 1. The van der Waals surface area contributed by atoms with Crippen molar-refractivity contribution in [1.82, 2.24) is 5.32 Å². The monoisotopic (exact) mass is 211 g/mol. The van der Waals surface area contributed by atoms with E-state index in [0.717, 1.165) is 13.2 Å². The molecule has 1 aliphatic rings. The van der Waals surface area contributed by atoms with Crippen LogP contribution in [-0.4, -0.2) is 19.3 Å². The Morgan fingerprint density at radius 2 is 2.64 bits per heavy atom. The third-order valence-corrected chi connectivity index (χ3v) is 3.36. The predicted octanol–water partition coefficient (Wildman–Crippen LogP) is 2.58. The summed E-state index contributed by atoms with van der Waals surface area (Å²) in [5.41, 5.74) is 1.38. The van der Waals surface area contributed by atoms with E-state index in [1.807, 2.05) is 0 Å². The van der Waals surface area contributed by atoms with Crippen molar-refractivity contribution >= 4 is 11.3 Å². The maximum atomic E-state index is 5.73. The highest BCUT2D eigenvalue weighted by molar-refractivity contribution is 7.07. The van der Waals surface area contributed by atoms with Crippen LogP contribution in [0.25, 0.3) is 0 Å². The van der Waals surface area contributed by atoms with E-state index in [1.54, 1.807) is 11.3 Å². The minimum absolute atomic E-state index is 0.379. The highest BCUT2D eigenvalue weighted by Gasteiger charge is 2.26. The number of ether oxygens (including phenoxy) is 1. The van der Waals surface area contributed by atoms with Crippen LogP contribution in [0.1, 0.15) is 31.4 Å². The summed E-state index contributed by atoms with van der Waals surface area (Å²) in [7, 11) is 0. The van der Waals surface area contributed by atoms with E-state index in [0.29, 0.717) is 12.1 Å². The van der Waals surface area contributed by atoms with E-state index in [9.17, 15) is 0 Å². The Morgan fingerprint density at radius 3 is 3.21 bits per heavy atom. The van der Waals surface area contributed by atoms with Gasteiger partial charge in [0.15, 0.2) is 0 Å². The molecule has 2 rings (SSSR count). The second-order valence-electron chi connectivity index (χ2n) is 3.64. The first kappa shape index (κ1) is 10.1. The molecule has 0 aromatic carbocycles. The Labute approximate surface area is 89.3 Å². The van der Waals surface area contributed by atoms with E-state index in [-0.39, 0.29) is 0 Å². The van der Waals surface area contributed by atoms with Gasteiger partial charge in [0.2, 0.25) is 0 Å². The average molecular weight is 211 g/mol. The van der Waals surface area contributed by atoms with Gasteiger partial charge < -0.3 is 10.1 Å². The molecule has 2 nitrogen and oxygen atoms in total. The van der Waals surface area contributed by atoms with Crippen LogP contribution in [0.3, 0.4) is 0 Å². The summed E-state index contributed by atoms with van der Waals surface area (Å²) in [6.07, 6.45) is 2.77. The molecule has 1 fully saturated rings. The van der Waals surface area contributed by atoms with E-state index in [2.05, 4.69) is 29.1 Å². The fourth-order valence-corrected chi connectivity index (χ4v) is 2.70. The van der Waals surface area contributed by atoms with Gasteiger partial charge in [0.1, 0.15) is 0 Å². The molecule has 2 atom stereocenters. The fourth-order valence-electron chi connectivity index (χ4n) is 2.00. The van der Waals surface area contributed by atoms with Gasteiger partial charge in [-0.3, -0.25) is 0 Å². The minimum Gasteiger partial charge on any atom is -0.376 e.